The van der Waals surface area contributed by atoms with Crippen LogP contribution in [-0.2, 0) is 10.0 Å². The fourth-order valence-corrected chi connectivity index (χ4v) is 4.61. The van der Waals surface area contributed by atoms with Gasteiger partial charge in [-0.3, -0.25) is 10.1 Å². The summed E-state index contributed by atoms with van der Waals surface area (Å²) in [6.45, 7) is 0.615. The summed E-state index contributed by atoms with van der Waals surface area (Å²) >= 11 is 5.92. The lowest BCUT2D eigenvalue weighted by atomic mass is 10.1. The Balaban J connectivity index is 2.47. The minimum Gasteiger partial charge on any atom is -0.316 e. The predicted molar refractivity (Wildman–Crippen MR) is 78.9 cm³/mol. The van der Waals surface area contributed by atoms with Gasteiger partial charge in [-0.1, -0.05) is 17.7 Å². The minimum atomic E-state index is -3.99. The van der Waals surface area contributed by atoms with Crippen molar-refractivity contribution in [1.82, 2.24) is 9.62 Å². The highest BCUT2D eigenvalue weighted by atomic mass is 35.5. The normalized spacial score (nSPS) is 20.4. The first-order valence-corrected chi connectivity index (χ1v) is 8.30. The Morgan fingerprint density at radius 1 is 1.48 bits per heavy atom. The van der Waals surface area contributed by atoms with Crippen molar-refractivity contribution < 1.29 is 13.3 Å². The van der Waals surface area contributed by atoms with E-state index >= 15 is 0 Å². The minimum absolute atomic E-state index is 0.0371. The molecular weight excluding hydrogens is 318 g/mol. The Morgan fingerprint density at radius 3 is 2.81 bits per heavy atom. The maximum absolute atomic E-state index is 12.7. The predicted octanol–water partition coefficient (Wildman–Crippen LogP) is 1.62. The number of rotatable bonds is 4. The second kappa shape index (κ2) is 6.27. The smallest absolute Gasteiger partial charge is 0.290 e. The van der Waals surface area contributed by atoms with Gasteiger partial charge in [-0.2, -0.15) is 4.31 Å². The average Bonchev–Trinajstić information content (AvgIpc) is 2.46. The van der Waals surface area contributed by atoms with Crippen LogP contribution in [0.15, 0.2) is 23.1 Å². The second-order valence-corrected chi connectivity index (χ2v) is 7.12. The summed E-state index contributed by atoms with van der Waals surface area (Å²) in [5.74, 6) is 0. The van der Waals surface area contributed by atoms with Crippen LogP contribution in [0, 0.1) is 10.1 Å². The van der Waals surface area contributed by atoms with Crippen LogP contribution in [0.1, 0.15) is 12.8 Å². The largest absolute Gasteiger partial charge is 0.316 e. The summed E-state index contributed by atoms with van der Waals surface area (Å²) in [7, 11) is -2.23. The van der Waals surface area contributed by atoms with E-state index in [-0.39, 0.29) is 17.6 Å². The van der Waals surface area contributed by atoms with Gasteiger partial charge in [0, 0.05) is 25.2 Å². The molecule has 1 aromatic rings. The molecule has 1 heterocycles. The topological polar surface area (TPSA) is 92.6 Å². The van der Waals surface area contributed by atoms with Gasteiger partial charge < -0.3 is 5.32 Å². The number of piperidine rings is 1. The Kier molecular flexibility index (Phi) is 4.82. The van der Waals surface area contributed by atoms with Gasteiger partial charge in [0.15, 0.2) is 4.90 Å². The number of nitro groups is 1. The standard InChI is InChI=1S/C12H16ClN3O4S/c1-14-9-4-3-7-15(8-9)21(19,20)12-10(13)5-2-6-11(12)16(17)18/h2,5-6,9,14H,3-4,7-8H2,1H3. The van der Waals surface area contributed by atoms with Gasteiger partial charge in [-0.15, -0.1) is 0 Å². The molecule has 0 aromatic heterocycles. The van der Waals surface area contributed by atoms with Gasteiger partial charge in [0.2, 0.25) is 0 Å². The first-order chi connectivity index (χ1) is 9.87. The lowest BCUT2D eigenvalue weighted by Gasteiger charge is -2.31. The second-order valence-electron chi connectivity index (χ2n) is 4.84. The fourth-order valence-electron chi connectivity index (χ4n) is 2.42. The Morgan fingerprint density at radius 2 is 2.19 bits per heavy atom. The molecule has 0 spiro atoms. The van der Waals surface area contributed by atoms with Gasteiger partial charge in [0.25, 0.3) is 15.7 Å². The van der Waals surface area contributed by atoms with Crippen molar-refractivity contribution in [2.45, 2.75) is 23.8 Å². The molecule has 0 saturated carbocycles. The van der Waals surface area contributed by atoms with Gasteiger partial charge in [0.1, 0.15) is 0 Å². The van der Waals surface area contributed by atoms with E-state index in [0.717, 1.165) is 12.5 Å². The molecule has 1 fully saturated rings. The summed E-state index contributed by atoms with van der Waals surface area (Å²) in [6, 6.07) is 3.90. The highest BCUT2D eigenvalue weighted by molar-refractivity contribution is 7.89. The van der Waals surface area contributed by atoms with Crippen molar-refractivity contribution in [3.8, 4) is 0 Å². The van der Waals surface area contributed by atoms with Crippen molar-refractivity contribution in [3.63, 3.8) is 0 Å². The number of nitrogens with one attached hydrogen (secondary N) is 1. The molecule has 1 saturated heterocycles. The van der Waals surface area contributed by atoms with Gasteiger partial charge >= 0.3 is 0 Å². The third kappa shape index (κ3) is 3.18. The number of hydrogen-bond donors (Lipinski definition) is 1. The fraction of sp³-hybridized carbons (Fsp3) is 0.500. The van der Waals surface area contributed by atoms with E-state index in [4.69, 9.17) is 11.6 Å². The zero-order valence-electron chi connectivity index (χ0n) is 11.5. The highest BCUT2D eigenvalue weighted by Gasteiger charge is 2.36. The lowest BCUT2D eigenvalue weighted by molar-refractivity contribution is -0.387. The number of benzene rings is 1. The molecule has 0 radical (unpaired) electrons. The van der Waals surface area contributed by atoms with E-state index in [1.807, 2.05) is 0 Å². The van der Waals surface area contributed by atoms with Crippen LogP contribution in [0.3, 0.4) is 0 Å². The number of halogens is 1. The molecule has 1 atom stereocenters. The van der Waals surface area contributed by atoms with Crippen LogP contribution in [0.4, 0.5) is 5.69 Å². The quantitative estimate of drug-likeness (QED) is 0.667. The Bertz CT molecular complexity index is 650. The summed E-state index contributed by atoms with van der Waals surface area (Å²) in [6.07, 6.45) is 1.57. The molecule has 2 rings (SSSR count). The van der Waals surface area contributed by atoms with Crippen LogP contribution in [0.5, 0.6) is 0 Å². The van der Waals surface area contributed by atoms with Crippen LogP contribution >= 0.6 is 11.6 Å². The third-order valence-electron chi connectivity index (χ3n) is 3.53. The first-order valence-electron chi connectivity index (χ1n) is 6.48. The van der Waals surface area contributed by atoms with Crippen molar-refractivity contribution in [2.75, 3.05) is 20.1 Å². The summed E-state index contributed by atoms with van der Waals surface area (Å²) in [5.41, 5.74) is -0.492. The third-order valence-corrected chi connectivity index (χ3v) is 5.92. The SMILES string of the molecule is CNC1CCCN(S(=O)(=O)c2c(Cl)cccc2[N+](=O)[O-])C1. The zero-order valence-corrected chi connectivity index (χ0v) is 13.0. The van der Waals surface area contributed by atoms with Crippen LogP contribution in [0.25, 0.3) is 0 Å². The highest BCUT2D eigenvalue weighted by Crippen LogP contribution is 2.34. The molecule has 7 nitrogen and oxygen atoms in total. The molecule has 0 bridgehead atoms. The molecule has 9 heteroatoms. The number of hydrogen-bond acceptors (Lipinski definition) is 5. The maximum Gasteiger partial charge on any atom is 0.290 e. The zero-order chi connectivity index (χ0) is 15.6. The summed E-state index contributed by atoms with van der Waals surface area (Å²) < 4.78 is 26.7. The summed E-state index contributed by atoms with van der Waals surface area (Å²) in [4.78, 5) is 9.93. The van der Waals surface area contributed by atoms with Crippen LogP contribution < -0.4 is 5.32 Å². The molecule has 0 amide bonds. The van der Waals surface area contributed by atoms with Crippen molar-refractivity contribution in [1.29, 1.82) is 0 Å². The first kappa shape index (κ1) is 16.2. The monoisotopic (exact) mass is 333 g/mol. The van der Waals surface area contributed by atoms with Gasteiger partial charge in [-0.25, -0.2) is 8.42 Å². The molecule has 116 valence electrons. The molecule has 21 heavy (non-hydrogen) atoms. The van der Waals surface area contributed by atoms with E-state index in [9.17, 15) is 18.5 Å². The van der Waals surface area contributed by atoms with Crippen molar-refractivity contribution in [2.24, 2.45) is 0 Å². The number of nitrogens with zero attached hydrogens (tertiary/aromatic N) is 2. The molecule has 0 aliphatic carbocycles. The molecule has 1 aliphatic heterocycles. The van der Waals surface area contributed by atoms with Crippen molar-refractivity contribution in [3.05, 3.63) is 33.3 Å². The Hall–Kier alpha value is -1.22. The molecular formula is C12H16ClN3O4S. The molecule has 1 aromatic carbocycles. The lowest BCUT2D eigenvalue weighted by Crippen LogP contribution is -2.47. The average molecular weight is 334 g/mol. The molecule has 1 unspecified atom stereocenters. The molecule has 1 N–H and O–H groups in total. The van der Waals surface area contributed by atoms with Crippen molar-refractivity contribution >= 4 is 27.3 Å². The Labute approximate surface area is 128 Å². The van der Waals surface area contributed by atoms with E-state index in [2.05, 4.69) is 5.32 Å². The number of nitro benzene ring substituents is 1. The molecule has 1 aliphatic rings. The maximum atomic E-state index is 12.7. The van der Waals surface area contributed by atoms with Crippen LogP contribution in [-0.4, -0.2) is 43.8 Å². The van der Waals surface area contributed by atoms with E-state index < -0.39 is 25.5 Å². The number of sulfonamides is 1. The summed E-state index contributed by atoms with van der Waals surface area (Å²) in [5, 5.41) is 14.0. The van der Waals surface area contributed by atoms with Gasteiger partial charge in [-0.05, 0) is 26.0 Å². The van der Waals surface area contributed by atoms with E-state index in [1.165, 1.54) is 16.4 Å². The van der Waals surface area contributed by atoms with Gasteiger partial charge in [0.05, 0.1) is 9.95 Å². The van der Waals surface area contributed by atoms with Crippen LogP contribution in [0.2, 0.25) is 5.02 Å². The van der Waals surface area contributed by atoms with E-state index in [1.54, 1.807) is 7.05 Å². The van der Waals surface area contributed by atoms with E-state index in [0.29, 0.717) is 13.0 Å². The number of likely N-dealkylation sites (N-methyl/N-ethyl adjacent to an activating group) is 1.